The van der Waals surface area contributed by atoms with Crippen molar-refractivity contribution in [3.63, 3.8) is 0 Å². The second-order valence-electron chi connectivity index (χ2n) is 12.3. The van der Waals surface area contributed by atoms with Crippen LogP contribution in [0.15, 0.2) is 110 Å². The monoisotopic (exact) mass is 546 g/mol. The van der Waals surface area contributed by atoms with Crippen molar-refractivity contribution in [3.05, 3.63) is 110 Å². The SMILES string of the molecule is C[Si]1(C)c2cc(-c3cccnc3)ccc2-c2c1c1c(c3ccccc23)-c2ccc(-c3cccnc3)cc2[Si]1(C)C. The highest BCUT2D eigenvalue weighted by Gasteiger charge is 2.49. The number of benzene rings is 4. The Balaban J connectivity index is 1.43. The first-order valence-corrected chi connectivity index (χ1v) is 20.1. The molecule has 2 aliphatic heterocycles. The number of rotatable bonds is 2. The molecule has 192 valence electrons. The van der Waals surface area contributed by atoms with Gasteiger partial charge in [0.1, 0.15) is 16.1 Å². The third-order valence-corrected chi connectivity index (χ3v) is 16.7. The minimum atomic E-state index is -2.02. The lowest BCUT2D eigenvalue weighted by Gasteiger charge is -2.29. The predicted molar refractivity (Wildman–Crippen MR) is 175 cm³/mol. The van der Waals surface area contributed by atoms with E-state index in [-0.39, 0.29) is 0 Å². The summed E-state index contributed by atoms with van der Waals surface area (Å²) < 4.78 is 0. The maximum atomic E-state index is 4.40. The quantitative estimate of drug-likeness (QED) is 0.230. The number of hydrogen-bond donors (Lipinski definition) is 0. The van der Waals surface area contributed by atoms with Gasteiger partial charge in [-0.2, -0.15) is 0 Å². The van der Waals surface area contributed by atoms with Crippen LogP contribution in [0.1, 0.15) is 0 Å². The molecule has 0 atom stereocenters. The molecule has 2 nitrogen and oxygen atoms in total. The average molecular weight is 547 g/mol. The van der Waals surface area contributed by atoms with E-state index in [2.05, 4.69) is 109 Å². The standard InChI is InChI=1S/C36H30N2Si2/c1-39(2)31-19-23(25-9-7-17-37-21-25)13-15-29(31)33-27-11-5-6-12-28(27)34-30-16-14-24(26-10-8-18-38-22-26)20-32(30)40(3,4)36(34)35(33)39/h5-22H,1-4H3. The van der Waals surface area contributed by atoms with Gasteiger partial charge in [-0.05, 0) is 88.2 Å². The molecule has 6 aromatic rings. The lowest BCUT2D eigenvalue weighted by Crippen LogP contribution is -2.63. The van der Waals surface area contributed by atoms with Gasteiger partial charge >= 0.3 is 0 Å². The summed E-state index contributed by atoms with van der Waals surface area (Å²) in [7, 11) is -4.04. The molecule has 4 heterocycles. The number of pyridine rings is 2. The fourth-order valence-electron chi connectivity index (χ4n) is 7.50. The molecule has 0 N–H and O–H groups in total. The van der Waals surface area contributed by atoms with Crippen LogP contribution in [0.2, 0.25) is 26.2 Å². The van der Waals surface area contributed by atoms with Crippen LogP contribution < -0.4 is 20.7 Å². The zero-order valence-corrected chi connectivity index (χ0v) is 25.3. The van der Waals surface area contributed by atoms with Gasteiger partial charge in [0.15, 0.2) is 0 Å². The van der Waals surface area contributed by atoms with Gasteiger partial charge in [-0.3, -0.25) is 9.97 Å². The smallest absolute Gasteiger partial charge is 0.113 e. The Morgan fingerprint density at radius 2 is 0.925 bits per heavy atom. The summed E-state index contributed by atoms with van der Waals surface area (Å²) in [6.45, 7) is 10.3. The fourth-order valence-corrected chi connectivity index (χ4v) is 16.0. The molecule has 0 radical (unpaired) electrons. The molecule has 2 aliphatic rings. The van der Waals surface area contributed by atoms with Gasteiger partial charge in [0.25, 0.3) is 0 Å². The van der Waals surface area contributed by atoms with E-state index >= 15 is 0 Å². The summed E-state index contributed by atoms with van der Waals surface area (Å²) in [4.78, 5) is 8.81. The van der Waals surface area contributed by atoms with Gasteiger partial charge in [0.2, 0.25) is 0 Å². The third kappa shape index (κ3) is 3.09. The number of hydrogen-bond acceptors (Lipinski definition) is 2. The molecule has 2 aromatic heterocycles. The van der Waals surface area contributed by atoms with E-state index in [9.17, 15) is 0 Å². The van der Waals surface area contributed by atoms with Crippen molar-refractivity contribution in [3.8, 4) is 44.5 Å². The lowest BCUT2D eigenvalue weighted by molar-refractivity contribution is 1.33. The Kier molecular flexibility index (Phi) is 4.86. The normalized spacial score (nSPS) is 15.4. The first-order valence-electron chi connectivity index (χ1n) is 14.1. The second-order valence-corrected chi connectivity index (χ2v) is 20.9. The van der Waals surface area contributed by atoms with Crippen molar-refractivity contribution in [2.75, 3.05) is 0 Å². The lowest BCUT2D eigenvalue weighted by atomic mass is 9.91. The number of aromatic nitrogens is 2. The summed E-state index contributed by atoms with van der Waals surface area (Å²) in [6.07, 6.45) is 7.67. The summed E-state index contributed by atoms with van der Waals surface area (Å²) in [6, 6.07) is 31.9. The van der Waals surface area contributed by atoms with Gasteiger partial charge in [0.05, 0.1) is 0 Å². The van der Waals surface area contributed by atoms with E-state index in [1.54, 1.807) is 20.7 Å². The highest BCUT2D eigenvalue weighted by Crippen LogP contribution is 2.42. The van der Waals surface area contributed by atoms with Crippen LogP contribution in [0.3, 0.4) is 0 Å². The van der Waals surface area contributed by atoms with Crippen molar-refractivity contribution in [1.29, 1.82) is 0 Å². The van der Waals surface area contributed by atoms with E-state index in [0.29, 0.717) is 0 Å². The van der Waals surface area contributed by atoms with Crippen LogP contribution in [0, 0.1) is 0 Å². The molecule has 0 bridgehead atoms. The summed E-state index contributed by atoms with van der Waals surface area (Å²) >= 11 is 0. The summed E-state index contributed by atoms with van der Waals surface area (Å²) in [5.74, 6) is 0. The Morgan fingerprint density at radius 1 is 0.475 bits per heavy atom. The van der Waals surface area contributed by atoms with Crippen molar-refractivity contribution < 1.29 is 0 Å². The molecular weight excluding hydrogens is 517 g/mol. The number of fused-ring (bicyclic) bond motifs is 10. The molecule has 4 heteroatoms. The summed E-state index contributed by atoms with van der Waals surface area (Å²) in [5, 5.41) is 9.27. The zero-order chi connectivity index (χ0) is 27.2. The molecule has 0 unspecified atom stereocenters. The Hall–Kier alpha value is -4.13. The minimum absolute atomic E-state index is 1.19. The van der Waals surface area contributed by atoms with Crippen molar-refractivity contribution in [2.45, 2.75) is 26.2 Å². The first-order chi connectivity index (χ1) is 19.4. The third-order valence-electron chi connectivity index (χ3n) is 9.38. The van der Waals surface area contributed by atoms with Crippen LogP contribution >= 0.6 is 0 Å². The van der Waals surface area contributed by atoms with Crippen LogP contribution in [0.4, 0.5) is 0 Å². The number of nitrogens with zero attached hydrogens (tertiary/aromatic N) is 2. The highest BCUT2D eigenvalue weighted by atomic mass is 28.3. The van der Waals surface area contributed by atoms with Crippen molar-refractivity contribution in [2.24, 2.45) is 0 Å². The maximum Gasteiger partial charge on any atom is 0.113 e. The molecular formula is C36H30N2Si2. The van der Waals surface area contributed by atoms with Crippen LogP contribution in [-0.2, 0) is 0 Å². The molecule has 0 fully saturated rings. The topological polar surface area (TPSA) is 25.8 Å². The first kappa shape index (κ1) is 23.7. The largest absolute Gasteiger partial charge is 0.264 e. The van der Waals surface area contributed by atoms with E-state index in [1.807, 2.05) is 36.9 Å². The fraction of sp³-hybridized carbons (Fsp3) is 0.111. The van der Waals surface area contributed by atoms with Crippen molar-refractivity contribution >= 4 is 47.7 Å². The molecule has 0 saturated carbocycles. The second kappa shape index (κ2) is 8.20. The Labute approximate surface area is 237 Å². The Morgan fingerprint density at radius 3 is 1.32 bits per heavy atom. The van der Waals surface area contributed by atoms with E-state index in [1.165, 1.54) is 55.3 Å². The molecule has 0 amide bonds. The van der Waals surface area contributed by atoms with Gasteiger partial charge in [-0.1, -0.05) is 99.0 Å². The molecule has 0 saturated heterocycles. The van der Waals surface area contributed by atoms with Crippen LogP contribution in [0.25, 0.3) is 55.3 Å². The molecule has 0 spiro atoms. The van der Waals surface area contributed by atoms with Crippen molar-refractivity contribution in [1.82, 2.24) is 9.97 Å². The summed E-state index contributed by atoms with van der Waals surface area (Å²) in [5.41, 5.74) is 10.8. The molecule has 8 rings (SSSR count). The molecule has 0 aliphatic carbocycles. The molecule has 4 aromatic carbocycles. The van der Waals surface area contributed by atoms with Gasteiger partial charge < -0.3 is 0 Å². The van der Waals surface area contributed by atoms with E-state index in [4.69, 9.17) is 0 Å². The highest BCUT2D eigenvalue weighted by molar-refractivity contribution is 7.13. The maximum absolute atomic E-state index is 4.40. The Bertz CT molecular complexity index is 1850. The van der Waals surface area contributed by atoms with Gasteiger partial charge in [-0.15, -0.1) is 0 Å². The van der Waals surface area contributed by atoms with E-state index in [0.717, 1.165) is 0 Å². The molecule has 40 heavy (non-hydrogen) atoms. The van der Waals surface area contributed by atoms with E-state index < -0.39 is 16.1 Å². The van der Waals surface area contributed by atoms with Gasteiger partial charge in [-0.25, -0.2) is 0 Å². The van der Waals surface area contributed by atoms with Gasteiger partial charge in [0, 0.05) is 24.8 Å². The minimum Gasteiger partial charge on any atom is -0.264 e. The zero-order valence-electron chi connectivity index (χ0n) is 23.3. The average Bonchev–Trinajstić information content (AvgIpc) is 3.37. The van der Waals surface area contributed by atoms with Crippen LogP contribution in [0.5, 0.6) is 0 Å². The predicted octanol–water partition coefficient (Wildman–Crippen LogP) is 6.57. The van der Waals surface area contributed by atoms with Crippen LogP contribution in [-0.4, -0.2) is 26.1 Å².